The summed E-state index contributed by atoms with van der Waals surface area (Å²) in [6.45, 7) is 0.0350. The maximum Gasteiger partial charge on any atom is 0.285 e. The van der Waals surface area contributed by atoms with Crippen molar-refractivity contribution in [3.05, 3.63) is 0 Å². The maximum atomic E-state index is 9.81. The molecule has 1 aliphatic heterocycles. The molecular weight excluding hydrogens is 248 g/mol. The lowest BCUT2D eigenvalue weighted by molar-refractivity contribution is -0.428. The lowest BCUT2D eigenvalue weighted by atomic mass is 9.87. The molecule has 0 radical (unpaired) electrons. The summed E-state index contributed by atoms with van der Waals surface area (Å²) in [5.74, 6) is -2.83. The van der Waals surface area contributed by atoms with Crippen LogP contribution in [0, 0.1) is 5.92 Å². The fourth-order valence-electron chi connectivity index (χ4n) is 1.94. The average Bonchev–Trinajstić information content (AvgIpc) is 2.32. The van der Waals surface area contributed by atoms with E-state index in [0.29, 0.717) is 0 Å². The van der Waals surface area contributed by atoms with E-state index in [1.165, 1.54) is 0 Å². The largest absolute Gasteiger partial charge is 0.394 e. The monoisotopic (exact) mass is 268 g/mol. The normalized spacial score (nSPS) is 40.5. The summed E-state index contributed by atoms with van der Waals surface area (Å²) in [7, 11) is 0. The van der Waals surface area contributed by atoms with Crippen molar-refractivity contribution in [2.24, 2.45) is 5.92 Å². The molecule has 0 saturated carbocycles. The molecule has 18 heavy (non-hydrogen) atoms. The van der Waals surface area contributed by atoms with Crippen molar-refractivity contribution in [2.45, 2.75) is 43.7 Å². The van der Waals surface area contributed by atoms with E-state index < -0.39 is 49.7 Å². The van der Waals surface area contributed by atoms with Gasteiger partial charge in [0.25, 0.3) is 5.97 Å². The molecule has 0 aliphatic carbocycles. The third-order valence-corrected chi connectivity index (χ3v) is 3.12. The average molecular weight is 268 g/mol. The summed E-state index contributed by atoms with van der Waals surface area (Å²) in [4.78, 5) is 0. The van der Waals surface area contributed by atoms with Gasteiger partial charge >= 0.3 is 0 Å². The minimum atomic E-state index is -2.23. The lowest BCUT2D eigenvalue weighted by Gasteiger charge is -2.44. The van der Waals surface area contributed by atoms with Crippen molar-refractivity contribution in [1.82, 2.24) is 0 Å². The molecule has 1 heterocycles. The number of hydrogen-bond donors (Lipinski definition) is 6. The summed E-state index contributed by atoms with van der Waals surface area (Å²) in [6.07, 6.45) is -5.48. The molecule has 1 rings (SSSR count). The Morgan fingerprint density at radius 3 is 2.50 bits per heavy atom. The molecule has 0 bridgehead atoms. The van der Waals surface area contributed by atoms with Crippen LogP contribution in [0.3, 0.4) is 0 Å². The predicted octanol–water partition coefficient (Wildman–Crippen LogP) is -2.90. The molecule has 1 saturated heterocycles. The fourth-order valence-corrected chi connectivity index (χ4v) is 1.94. The highest BCUT2D eigenvalue weighted by atomic mass is 16.8. The van der Waals surface area contributed by atoms with Gasteiger partial charge in [0, 0.05) is 5.92 Å². The molecule has 0 spiro atoms. The van der Waals surface area contributed by atoms with Gasteiger partial charge in [-0.3, -0.25) is 0 Å². The van der Waals surface area contributed by atoms with E-state index >= 15 is 0 Å². The first-order chi connectivity index (χ1) is 8.34. The number of aliphatic hydroxyl groups excluding tert-OH is 5. The van der Waals surface area contributed by atoms with Crippen LogP contribution in [0.1, 0.15) is 13.3 Å². The summed E-state index contributed by atoms with van der Waals surface area (Å²) >= 11 is 0. The third-order valence-electron chi connectivity index (χ3n) is 3.12. The highest BCUT2D eigenvalue weighted by molar-refractivity contribution is 4.89. The molecule has 0 amide bonds. The van der Waals surface area contributed by atoms with E-state index in [9.17, 15) is 20.4 Å². The number of aliphatic hydroxyl groups is 6. The van der Waals surface area contributed by atoms with Crippen LogP contribution in [0.25, 0.3) is 0 Å². The first-order valence-electron chi connectivity index (χ1n) is 5.64. The molecule has 6 unspecified atom stereocenters. The Morgan fingerprint density at radius 1 is 1.39 bits per heavy atom. The van der Waals surface area contributed by atoms with Gasteiger partial charge in [0.05, 0.1) is 25.2 Å². The standard InChI is InChI=1S/C10H20O8/c1-5-6(13)2-10(16,17-4-12)18-9(5)8(15)7(14)3-11/h5-9,11-16H,2-4H2,1H3. The van der Waals surface area contributed by atoms with Gasteiger partial charge in [-0.15, -0.1) is 0 Å². The quantitative estimate of drug-likeness (QED) is 0.292. The van der Waals surface area contributed by atoms with Gasteiger partial charge in [0.2, 0.25) is 0 Å². The second kappa shape index (κ2) is 6.22. The van der Waals surface area contributed by atoms with Crippen LogP contribution in [0.15, 0.2) is 0 Å². The van der Waals surface area contributed by atoms with Crippen molar-refractivity contribution in [3.63, 3.8) is 0 Å². The van der Waals surface area contributed by atoms with Crippen molar-refractivity contribution < 1.29 is 40.1 Å². The third kappa shape index (κ3) is 3.37. The van der Waals surface area contributed by atoms with Crippen LogP contribution in [0.5, 0.6) is 0 Å². The molecule has 0 aromatic rings. The molecular formula is C10H20O8. The molecule has 1 aliphatic rings. The van der Waals surface area contributed by atoms with Gasteiger partial charge in [-0.05, 0) is 0 Å². The van der Waals surface area contributed by atoms with E-state index in [4.69, 9.17) is 14.9 Å². The summed E-state index contributed by atoms with van der Waals surface area (Å²) in [6, 6.07) is 0. The second-order valence-electron chi connectivity index (χ2n) is 4.44. The van der Waals surface area contributed by atoms with Crippen molar-refractivity contribution >= 4 is 0 Å². The Hall–Kier alpha value is -0.320. The maximum absolute atomic E-state index is 9.81. The Labute approximate surface area is 104 Å². The minimum Gasteiger partial charge on any atom is -0.394 e. The van der Waals surface area contributed by atoms with Gasteiger partial charge < -0.3 is 40.1 Å². The molecule has 108 valence electrons. The Bertz CT molecular complexity index is 262. The first kappa shape index (κ1) is 15.7. The van der Waals surface area contributed by atoms with E-state index in [1.807, 2.05) is 0 Å². The van der Waals surface area contributed by atoms with E-state index in [-0.39, 0.29) is 6.42 Å². The smallest absolute Gasteiger partial charge is 0.285 e. The van der Waals surface area contributed by atoms with Crippen LogP contribution in [0.4, 0.5) is 0 Å². The zero-order valence-corrected chi connectivity index (χ0v) is 10.0. The summed E-state index contributed by atoms with van der Waals surface area (Å²) < 4.78 is 9.63. The summed E-state index contributed by atoms with van der Waals surface area (Å²) in [5.41, 5.74) is 0. The number of hydrogen-bond acceptors (Lipinski definition) is 8. The second-order valence-corrected chi connectivity index (χ2v) is 4.44. The van der Waals surface area contributed by atoms with E-state index in [1.54, 1.807) is 6.92 Å². The van der Waals surface area contributed by atoms with Gasteiger partial charge in [0.15, 0.2) is 0 Å². The molecule has 8 nitrogen and oxygen atoms in total. The van der Waals surface area contributed by atoms with Crippen LogP contribution in [0.2, 0.25) is 0 Å². The van der Waals surface area contributed by atoms with Crippen LogP contribution in [-0.4, -0.2) is 74.4 Å². The van der Waals surface area contributed by atoms with Gasteiger partial charge in [-0.2, -0.15) is 0 Å². The van der Waals surface area contributed by atoms with Crippen molar-refractivity contribution in [2.75, 3.05) is 13.4 Å². The Balaban J connectivity index is 2.81. The van der Waals surface area contributed by atoms with Gasteiger partial charge in [-0.1, -0.05) is 6.92 Å². The molecule has 1 fully saturated rings. The van der Waals surface area contributed by atoms with Crippen LogP contribution >= 0.6 is 0 Å². The van der Waals surface area contributed by atoms with Crippen LogP contribution < -0.4 is 0 Å². The molecule has 8 heteroatoms. The highest BCUT2D eigenvalue weighted by Gasteiger charge is 2.48. The zero-order chi connectivity index (χ0) is 13.9. The molecule has 0 aromatic carbocycles. The van der Waals surface area contributed by atoms with E-state index in [2.05, 4.69) is 4.74 Å². The van der Waals surface area contributed by atoms with Crippen molar-refractivity contribution in [1.29, 1.82) is 0 Å². The number of ether oxygens (including phenoxy) is 2. The van der Waals surface area contributed by atoms with E-state index in [0.717, 1.165) is 0 Å². The molecule has 6 N–H and O–H groups in total. The molecule has 6 atom stereocenters. The number of rotatable bonds is 5. The SMILES string of the molecule is CC1C(O)CC(O)(OCO)OC1C(O)C(O)CO. The predicted molar refractivity (Wildman–Crippen MR) is 56.9 cm³/mol. The van der Waals surface area contributed by atoms with Gasteiger partial charge in [-0.25, -0.2) is 0 Å². The minimum absolute atomic E-state index is 0.298. The highest BCUT2D eigenvalue weighted by Crippen LogP contribution is 2.34. The molecule has 0 aromatic heterocycles. The van der Waals surface area contributed by atoms with Crippen LogP contribution in [-0.2, 0) is 9.47 Å². The van der Waals surface area contributed by atoms with Gasteiger partial charge in [0.1, 0.15) is 19.0 Å². The fraction of sp³-hybridized carbons (Fsp3) is 1.00. The zero-order valence-electron chi connectivity index (χ0n) is 10.0. The Morgan fingerprint density at radius 2 is 2.00 bits per heavy atom. The summed E-state index contributed by atoms with van der Waals surface area (Å²) in [5, 5.41) is 56.1. The lowest BCUT2D eigenvalue weighted by Crippen LogP contribution is -2.58. The topological polar surface area (TPSA) is 140 Å². The van der Waals surface area contributed by atoms with Crippen molar-refractivity contribution in [3.8, 4) is 0 Å². The Kier molecular flexibility index (Phi) is 5.44. The first-order valence-corrected chi connectivity index (χ1v) is 5.64.